The third-order valence-electron chi connectivity index (χ3n) is 8.97. The van der Waals surface area contributed by atoms with Crippen LogP contribution in [0, 0.1) is 35.8 Å². The lowest BCUT2D eigenvalue weighted by Crippen LogP contribution is -2.52. The second-order valence-corrected chi connectivity index (χ2v) is 15.6. The number of anilines is 2. The minimum absolute atomic E-state index is 0.207. The molecule has 0 radical (unpaired) electrons. The van der Waals surface area contributed by atoms with E-state index in [9.17, 15) is 19.8 Å². The summed E-state index contributed by atoms with van der Waals surface area (Å²) >= 11 is 15.3. The molecule has 4 aromatic carbocycles. The van der Waals surface area contributed by atoms with E-state index in [0.717, 1.165) is 4.70 Å². The SMILES string of the molecule is [C-]#[N+]c1ccc(N[C@@H](C(=O)NNC(=O)c2ccc(C#N)cc2)[C@H](C)O)c2c(Cl)csc12.[C-]#[N+]c1ccc(N[C@@H](c2nnc(-c3ccc(C#N)cc3)o2)[C@H](C)O)c2c(Cl)csc12. The van der Waals surface area contributed by atoms with Gasteiger partial charge in [-0.25, -0.2) is 9.69 Å². The van der Waals surface area contributed by atoms with Crippen molar-refractivity contribution < 1.29 is 24.2 Å². The summed E-state index contributed by atoms with van der Waals surface area (Å²) in [5.74, 6) is -0.764. The molecule has 3 heterocycles. The average Bonchev–Trinajstić information content (AvgIpc) is 4.03. The number of nitrogens with zero attached hydrogens (tertiary/aromatic N) is 6. The molecular weight excluding hydrogens is 860 g/mol. The van der Waals surface area contributed by atoms with E-state index in [1.165, 1.54) is 53.9 Å². The zero-order valence-electron chi connectivity index (χ0n) is 31.8. The largest absolute Gasteiger partial charge is 0.418 e. The number of hydrazine groups is 1. The number of benzene rings is 4. The number of amides is 2. The highest BCUT2D eigenvalue weighted by Crippen LogP contribution is 2.43. The van der Waals surface area contributed by atoms with Gasteiger partial charge >= 0.3 is 0 Å². The van der Waals surface area contributed by atoms with Crippen LogP contribution in [0.25, 0.3) is 41.3 Å². The van der Waals surface area contributed by atoms with Crippen LogP contribution >= 0.6 is 45.9 Å². The maximum Gasteiger partial charge on any atom is 0.269 e. The van der Waals surface area contributed by atoms with Crippen LogP contribution < -0.4 is 21.5 Å². The van der Waals surface area contributed by atoms with Gasteiger partial charge in [0.05, 0.1) is 58.7 Å². The van der Waals surface area contributed by atoms with Gasteiger partial charge in [0, 0.05) is 53.4 Å². The van der Waals surface area contributed by atoms with Crippen LogP contribution in [-0.2, 0) is 4.79 Å². The number of rotatable bonds is 10. The number of carbonyl (C=O) groups is 2. The molecule has 0 aliphatic rings. The molecule has 0 saturated heterocycles. The number of thiophene rings is 2. The Bertz CT molecular complexity index is 2920. The number of fused-ring (bicyclic) bond motifs is 2. The maximum absolute atomic E-state index is 12.6. The van der Waals surface area contributed by atoms with Crippen molar-refractivity contribution in [2.75, 3.05) is 10.6 Å². The molecule has 0 spiro atoms. The molecule has 15 nitrogen and oxygen atoms in total. The van der Waals surface area contributed by atoms with E-state index in [0.29, 0.717) is 65.0 Å². The molecule has 19 heteroatoms. The quantitative estimate of drug-likeness (QED) is 0.0562. The van der Waals surface area contributed by atoms with Crippen molar-refractivity contribution in [3.63, 3.8) is 0 Å². The maximum atomic E-state index is 12.6. The fourth-order valence-electron chi connectivity index (χ4n) is 5.87. The third kappa shape index (κ3) is 9.71. The van der Waals surface area contributed by atoms with Crippen molar-refractivity contribution in [1.29, 1.82) is 10.5 Å². The Morgan fingerprint density at radius 3 is 1.77 bits per heavy atom. The molecule has 0 unspecified atom stereocenters. The highest BCUT2D eigenvalue weighted by Gasteiger charge is 2.27. The number of nitriles is 2. The van der Waals surface area contributed by atoms with Gasteiger partial charge in [-0.15, -0.1) is 10.2 Å². The zero-order valence-corrected chi connectivity index (χ0v) is 34.9. The summed E-state index contributed by atoms with van der Waals surface area (Å²) in [6.45, 7) is 17.7. The molecule has 6 N–H and O–H groups in total. The van der Waals surface area contributed by atoms with Crippen molar-refractivity contribution in [3.8, 4) is 23.6 Å². The van der Waals surface area contributed by atoms with Gasteiger partial charge in [-0.1, -0.05) is 35.3 Å². The number of hydrogen-bond donors (Lipinski definition) is 6. The van der Waals surface area contributed by atoms with Gasteiger partial charge in [0.25, 0.3) is 11.8 Å². The zero-order chi connectivity index (χ0) is 43.8. The lowest BCUT2D eigenvalue weighted by atomic mass is 10.1. The minimum Gasteiger partial charge on any atom is -0.418 e. The van der Waals surface area contributed by atoms with Crippen LogP contribution in [0.1, 0.15) is 47.3 Å². The third-order valence-corrected chi connectivity index (χ3v) is 11.8. The molecular formula is C42H30Cl2N10O5S2. The van der Waals surface area contributed by atoms with Crippen molar-refractivity contribution in [2.24, 2.45) is 0 Å². The highest BCUT2D eigenvalue weighted by molar-refractivity contribution is 7.19. The molecule has 4 atom stereocenters. The Labute approximate surface area is 366 Å². The Kier molecular flexibility index (Phi) is 13.8. The lowest BCUT2D eigenvalue weighted by Gasteiger charge is -2.23. The predicted molar refractivity (Wildman–Crippen MR) is 235 cm³/mol. The van der Waals surface area contributed by atoms with Crippen LogP contribution in [0.4, 0.5) is 22.7 Å². The lowest BCUT2D eigenvalue weighted by molar-refractivity contribution is -0.124. The number of nitrogens with one attached hydrogen (secondary N) is 4. The van der Waals surface area contributed by atoms with Gasteiger partial charge < -0.3 is 25.3 Å². The first-order valence-corrected chi connectivity index (χ1v) is 20.4. The van der Waals surface area contributed by atoms with E-state index in [1.807, 2.05) is 6.07 Å². The van der Waals surface area contributed by atoms with Crippen LogP contribution in [0.5, 0.6) is 0 Å². The van der Waals surface area contributed by atoms with E-state index >= 15 is 0 Å². The molecule has 0 aliphatic carbocycles. The van der Waals surface area contributed by atoms with Crippen LogP contribution in [-0.4, -0.2) is 50.5 Å². The van der Waals surface area contributed by atoms with Crippen molar-refractivity contribution in [3.05, 3.63) is 139 Å². The molecule has 0 saturated carbocycles. The number of carbonyl (C=O) groups excluding carboxylic acids is 2. The van der Waals surface area contributed by atoms with Gasteiger partial charge in [-0.2, -0.15) is 33.2 Å². The number of aliphatic hydroxyl groups is 2. The summed E-state index contributed by atoms with van der Waals surface area (Å²) in [7, 11) is 0. The first-order valence-electron chi connectivity index (χ1n) is 17.8. The summed E-state index contributed by atoms with van der Waals surface area (Å²) in [4.78, 5) is 31.9. The van der Waals surface area contributed by atoms with E-state index in [4.69, 9.17) is 51.3 Å². The van der Waals surface area contributed by atoms with Crippen molar-refractivity contribution >= 4 is 101 Å². The van der Waals surface area contributed by atoms with Crippen LogP contribution in [0.2, 0.25) is 10.0 Å². The van der Waals surface area contributed by atoms with Gasteiger partial charge in [0.1, 0.15) is 12.1 Å². The molecule has 304 valence electrons. The minimum atomic E-state index is -1.11. The summed E-state index contributed by atoms with van der Waals surface area (Å²) in [6, 6.07) is 21.5. The predicted octanol–water partition coefficient (Wildman–Crippen LogP) is 9.16. The summed E-state index contributed by atoms with van der Waals surface area (Å²) in [5.41, 5.74) is 8.51. The van der Waals surface area contributed by atoms with Gasteiger partial charge in [0.15, 0.2) is 0 Å². The molecule has 0 fully saturated rings. The van der Waals surface area contributed by atoms with Gasteiger partial charge in [0.2, 0.25) is 23.2 Å². The fourth-order valence-corrected chi connectivity index (χ4v) is 8.46. The monoisotopic (exact) mass is 888 g/mol. The second kappa shape index (κ2) is 19.3. The normalized spacial score (nSPS) is 12.6. The molecule has 0 aliphatic heterocycles. The summed E-state index contributed by atoms with van der Waals surface area (Å²) in [5, 5.41) is 58.3. The number of hydrogen-bond acceptors (Lipinski definition) is 13. The van der Waals surface area contributed by atoms with E-state index in [-0.39, 0.29) is 17.3 Å². The Morgan fingerprint density at radius 1 is 0.754 bits per heavy atom. The Hall–Kier alpha value is -7.06. The Balaban J connectivity index is 0.000000204. The topological polar surface area (TPSA) is 218 Å². The number of halogens is 2. The number of aliphatic hydroxyl groups excluding tert-OH is 2. The van der Waals surface area contributed by atoms with Crippen molar-refractivity contribution in [1.82, 2.24) is 21.0 Å². The highest BCUT2D eigenvalue weighted by atomic mass is 35.5. The first-order chi connectivity index (χ1) is 29.4. The molecule has 3 aromatic heterocycles. The van der Waals surface area contributed by atoms with Gasteiger partial charge in [-0.05, 0) is 74.5 Å². The molecule has 61 heavy (non-hydrogen) atoms. The molecule has 7 rings (SSSR count). The standard InChI is InChI=1S/C21H16ClN5O3S.C21H14ClN5O2S/c1-11(28)18(21(30)27-26-20(29)13-5-3-12(9-23)4-6-13)25-15-7-8-16(24-2)19-17(15)14(22)10-31-19;1-11(28)18(21-27-26-20(29-21)13-5-3-12(9-23)4-6-13)25-15-7-8-16(24-2)19-17(15)14(22)10-30-19/h3-8,10-11,18,25,28H,1H3,(H,26,29)(H,27,30);3-8,10-11,18,25,28H,1H3/t2*11-,18+/m00/s1. The van der Waals surface area contributed by atoms with Gasteiger partial charge in [-0.3, -0.25) is 20.4 Å². The fraction of sp³-hybridized carbons (Fsp3) is 0.143. The first kappa shape index (κ1) is 43.5. The van der Waals surface area contributed by atoms with Crippen LogP contribution in [0.3, 0.4) is 0 Å². The van der Waals surface area contributed by atoms with E-state index < -0.39 is 36.1 Å². The summed E-state index contributed by atoms with van der Waals surface area (Å²) in [6.07, 6.45) is -1.97. The van der Waals surface area contributed by atoms with Crippen molar-refractivity contribution in [2.45, 2.75) is 38.1 Å². The molecule has 7 aromatic rings. The van der Waals surface area contributed by atoms with E-state index in [1.54, 1.807) is 66.2 Å². The van der Waals surface area contributed by atoms with E-state index in [2.05, 4.69) is 47.4 Å². The Morgan fingerprint density at radius 2 is 1.28 bits per heavy atom. The smallest absolute Gasteiger partial charge is 0.269 e. The second-order valence-electron chi connectivity index (χ2n) is 13.1. The average molecular weight is 890 g/mol. The number of aromatic nitrogens is 2. The summed E-state index contributed by atoms with van der Waals surface area (Å²) < 4.78 is 7.24. The molecule has 0 bridgehead atoms. The van der Waals surface area contributed by atoms with Crippen LogP contribution in [0.15, 0.2) is 88.0 Å². The molecule has 2 amide bonds.